The predicted octanol–water partition coefficient (Wildman–Crippen LogP) is 5.33. The molecule has 31 heavy (non-hydrogen) atoms. The molecule has 4 aromatic rings. The maximum absolute atomic E-state index is 13.0. The van der Waals surface area contributed by atoms with E-state index in [2.05, 4.69) is 10.4 Å². The molecule has 1 amide bonds. The zero-order chi connectivity index (χ0) is 22.1. The Morgan fingerprint density at radius 2 is 1.77 bits per heavy atom. The van der Waals surface area contributed by atoms with Gasteiger partial charge in [0.05, 0.1) is 37.6 Å². The minimum atomic E-state index is -0.243. The minimum Gasteiger partial charge on any atom is -0.493 e. The maximum Gasteiger partial charge on any atom is 0.265 e. The molecule has 2 heterocycles. The first kappa shape index (κ1) is 21.0. The molecule has 0 aliphatic heterocycles. The molecule has 7 nitrogen and oxygen atoms in total. The van der Waals surface area contributed by atoms with E-state index < -0.39 is 0 Å². The molecule has 0 spiro atoms. The highest BCUT2D eigenvalue weighted by atomic mass is 35.5. The standard InChI is InChI=1S/C22H20ClN3O4S/c1-12-16-11-19(31-22(16)26(25-12)15-7-5-6-13(23)8-15)21(27)24-14-9-17(28-2)20(30-4)18(10-14)29-3/h5-11H,1-4H3,(H,24,27). The highest BCUT2D eigenvalue weighted by Gasteiger charge is 2.19. The van der Waals surface area contributed by atoms with Gasteiger partial charge >= 0.3 is 0 Å². The van der Waals surface area contributed by atoms with Crippen LogP contribution in [0.3, 0.4) is 0 Å². The number of methoxy groups -OCH3 is 3. The lowest BCUT2D eigenvalue weighted by Crippen LogP contribution is -2.10. The quantitative estimate of drug-likeness (QED) is 0.423. The number of hydrogen-bond donors (Lipinski definition) is 1. The van der Waals surface area contributed by atoms with E-state index in [1.165, 1.54) is 32.7 Å². The van der Waals surface area contributed by atoms with Crippen molar-refractivity contribution in [1.82, 2.24) is 9.78 Å². The average molecular weight is 458 g/mol. The summed E-state index contributed by atoms with van der Waals surface area (Å²) < 4.78 is 17.8. The van der Waals surface area contributed by atoms with Crippen LogP contribution in [0, 0.1) is 6.92 Å². The molecule has 1 N–H and O–H groups in total. The summed E-state index contributed by atoms with van der Waals surface area (Å²) in [6.45, 7) is 1.91. The molecule has 0 fully saturated rings. The molecule has 4 rings (SSSR count). The van der Waals surface area contributed by atoms with E-state index in [-0.39, 0.29) is 5.91 Å². The highest BCUT2D eigenvalue weighted by Crippen LogP contribution is 2.40. The molecule has 0 radical (unpaired) electrons. The summed E-state index contributed by atoms with van der Waals surface area (Å²) in [6.07, 6.45) is 0. The Balaban J connectivity index is 1.69. The zero-order valence-electron chi connectivity index (χ0n) is 17.4. The second kappa shape index (κ2) is 8.49. The van der Waals surface area contributed by atoms with E-state index in [1.54, 1.807) is 16.8 Å². The first-order valence-electron chi connectivity index (χ1n) is 9.31. The number of nitrogens with zero attached hydrogens (tertiary/aromatic N) is 2. The Morgan fingerprint density at radius 1 is 1.06 bits per heavy atom. The monoisotopic (exact) mass is 457 g/mol. The van der Waals surface area contributed by atoms with Crippen LogP contribution in [-0.4, -0.2) is 37.0 Å². The molecule has 9 heteroatoms. The topological polar surface area (TPSA) is 74.6 Å². The third-order valence-corrected chi connectivity index (χ3v) is 6.09. The molecule has 0 bridgehead atoms. The van der Waals surface area contributed by atoms with Gasteiger partial charge < -0.3 is 19.5 Å². The van der Waals surface area contributed by atoms with E-state index in [0.29, 0.717) is 32.8 Å². The van der Waals surface area contributed by atoms with E-state index in [9.17, 15) is 4.79 Å². The van der Waals surface area contributed by atoms with Crippen LogP contribution in [0.4, 0.5) is 5.69 Å². The lowest BCUT2D eigenvalue weighted by Gasteiger charge is -2.14. The van der Waals surface area contributed by atoms with E-state index in [0.717, 1.165) is 21.6 Å². The van der Waals surface area contributed by atoms with Crippen LogP contribution in [0.2, 0.25) is 5.02 Å². The number of rotatable bonds is 6. The normalized spacial score (nSPS) is 10.9. The second-order valence-electron chi connectivity index (χ2n) is 6.67. The molecular formula is C22H20ClN3O4S. The third kappa shape index (κ3) is 3.92. The highest BCUT2D eigenvalue weighted by molar-refractivity contribution is 7.20. The van der Waals surface area contributed by atoms with Crippen LogP contribution in [0.25, 0.3) is 15.9 Å². The van der Waals surface area contributed by atoms with Crippen molar-refractivity contribution in [2.45, 2.75) is 6.92 Å². The third-order valence-electron chi connectivity index (χ3n) is 4.74. The summed E-state index contributed by atoms with van der Waals surface area (Å²) in [5.74, 6) is 1.14. The Labute approximate surface area is 188 Å². The number of aromatic nitrogens is 2. The molecule has 160 valence electrons. The molecule has 0 atom stereocenters. The number of fused-ring (bicyclic) bond motifs is 1. The van der Waals surface area contributed by atoms with E-state index in [4.69, 9.17) is 25.8 Å². The summed E-state index contributed by atoms with van der Waals surface area (Å²) >= 11 is 7.50. The molecular weight excluding hydrogens is 438 g/mol. The molecule has 0 saturated carbocycles. The van der Waals surface area contributed by atoms with Gasteiger partial charge in [-0.2, -0.15) is 5.10 Å². The van der Waals surface area contributed by atoms with Gasteiger partial charge in [-0.15, -0.1) is 11.3 Å². The van der Waals surface area contributed by atoms with Crippen LogP contribution in [0.1, 0.15) is 15.4 Å². The van der Waals surface area contributed by atoms with Crippen molar-refractivity contribution in [3.63, 3.8) is 0 Å². The number of nitrogens with one attached hydrogen (secondary N) is 1. The number of anilines is 1. The fraction of sp³-hybridized carbons (Fsp3) is 0.182. The summed E-state index contributed by atoms with van der Waals surface area (Å²) in [5, 5.41) is 9.04. The van der Waals surface area contributed by atoms with Crippen LogP contribution < -0.4 is 19.5 Å². The lowest BCUT2D eigenvalue weighted by atomic mass is 10.2. The first-order chi connectivity index (χ1) is 14.9. The molecule has 0 unspecified atom stereocenters. The van der Waals surface area contributed by atoms with Gasteiger partial charge in [0.25, 0.3) is 5.91 Å². The summed E-state index contributed by atoms with van der Waals surface area (Å²) in [5.41, 5.74) is 2.20. The van der Waals surface area contributed by atoms with E-state index in [1.807, 2.05) is 37.3 Å². The van der Waals surface area contributed by atoms with Gasteiger partial charge in [0, 0.05) is 28.2 Å². The van der Waals surface area contributed by atoms with Crippen molar-refractivity contribution in [3.05, 3.63) is 58.1 Å². The van der Waals surface area contributed by atoms with Crippen LogP contribution >= 0.6 is 22.9 Å². The number of aryl methyl sites for hydroxylation is 1. The second-order valence-corrected chi connectivity index (χ2v) is 8.14. The first-order valence-corrected chi connectivity index (χ1v) is 10.5. The Kier molecular flexibility index (Phi) is 5.75. The lowest BCUT2D eigenvalue weighted by molar-refractivity contribution is 0.103. The van der Waals surface area contributed by atoms with Gasteiger partial charge in [0.1, 0.15) is 4.83 Å². The van der Waals surface area contributed by atoms with Crippen molar-refractivity contribution in [2.75, 3.05) is 26.6 Å². The molecule has 2 aromatic carbocycles. The van der Waals surface area contributed by atoms with Crippen molar-refractivity contribution >= 4 is 44.7 Å². The fourth-order valence-electron chi connectivity index (χ4n) is 3.29. The van der Waals surface area contributed by atoms with Gasteiger partial charge in [-0.3, -0.25) is 4.79 Å². The van der Waals surface area contributed by atoms with Crippen molar-refractivity contribution < 1.29 is 19.0 Å². The Bertz CT molecular complexity index is 1260. The Hall–Kier alpha value is -3.23. The zero-order valence-corrected chi connectivity index (χ0v) is 18.9. The van der Waals surface area contributed by atoms with Gasteiger partial charge in [-0.05, 0) is 31.2 Å². The number of halogens is 1. The number of hydrogen-bond acceptors (Lipinski definition) is 6. The van der Waals surface area contributed by atoms with E-state index >= 15 is 0 Å². The van der Waals surface area contributed by atoms with Crippen molar-refractivity contribution in [2.24, 2.45) is 0 Å². The molecule has 0 saturated heterocycles. The van der Waals surface area contributed by atoms with Crippen LogP contribution in [-0.2, 0) is 0 Å². The SMILES string of the molecule is COc1cc(NC(=O)c2cc3c(C)nn(-c4cccc(Cl)c4)c3s2)cc(OC)c1OC. The summed E-state index contributed by atoms with van der Waals surface area (Å²) in [7, 11) is 4.58. The molecule has 0 aliphatic rings. The van der Waals surface area contributed by atoms with Crippen LogP contribution in [0.15, 0.2) is 42.5 Å². The fourth-order valence-corrected chi connectivity index (χ4v) is 4.55. The van der Waals surface area contributed by atoms with Crippen molar-refractivity contribution in [1.29, 1.82) is 0 Å². The smallest absolute Gasteiger partial charge is 0.265 e. The van der Waals surface area contributed by atoms with Gasteiger partial charge in [0.2, 0.25) is 5.75 Å². The van der Waals surface area contributed by atoms with Gasteiger partial charge in [-0.1, -0.05) is 17.7 Å². The largest absolute Gasteiger partial charge is 0.493 e. The average Bonchev–Trinajstić information content (AvgIpc) is 3.33. The number of carbonyl (C=O) groups is 1. The minimum absolute atomic E-state index is 0.243. The number of amides is 1. The summed E-state index contributed by atoms with van der Waals surface area (Å²) in [4.78, 5) is 14.4. The Morgan fingerprint density at radius 3 is 2.39 bits per heavy atom. The number of benzene rings is 2. The predicted molar refractivity (Wildman–Crippen MR) is 123 cm³/mol. The number of thiophene rings is 1. The molecule has 0 aliphatic carbocycles. The number of carbonyl (C=O) groups excluding carboxylic acids is 1. The maximum atomic E-state index is 13.0. The molecule has 2 aromatic heterocycles. The van der Waals surface area contributed by atoms with Crippen LogP contribution in [0.5, 0.6) is 17.2 Å². The van der Waals surface area contributed by atoms with Gasteiger partial charge in [0.15, 0.2) is 11.5 Å². The summed E-state index contributed by atoms with van der Waals surface area (Å²) in [6, 6.07) is 12.7. The number of ether oxygens (including phenoxy) is 3. The van der Waals surface area contributed by atoms with Crippen molar-refractivity contribution in [3.8, 4) is 22.9 Å². The van der Waals surface area contributed by atoms with Gasteiger partial charge in [-0.25, -0.2) is 4.68 Å².